The van der Waals surface area contributed by atoms with Crippen molar-refractivity contribution >= 4 is 76.7 Å². The summed E-state index contributed by atoms with van der Waals surface area (Å²) in [5.41, 5.74) is 1.48. The number of hydroxylamine groups is 2. The summed E-state index contributed by atoms with van der Waals surface area (Å²) in [6.45, 7) is 19.0. The minimum absolute atomic E-state index is 0.0342. The van der Waals surface area contributed by atoms with Gasteiger partial charge in [0.05, 0.1) is 88.7 Å². The van der Waals surface area contributed by atoms with Crippen LogP contribution in [0.4, 0.5) is 0 Å². The highest BCUT2D eigenvalue weighted by Crippen LogP contribution is 2.45. The molecule has 0 radical (unpaired) electrons. The van der Waals surface area contributed by atoms with Gasteiger partial charge in [-0.1, -0.05) is 82.6 Å². The number of rotatable bonds is 32. The number of cyclic esters (lactones) is 2. The van der Waals surface area contributed by atoms with Crippen molar-refractivity contribution in [3.63, 3.8) is 0 Å². The molecule has 3 saturated heterocycles. The van der Waals surface area contributed by atoms with E-state index in [2.05, 4.69) is 33.0 Å². The van der Waals surface area contributed by atoms with E-state index in [1.807, 2.05) is 51.7 Å². The molecule has 2 aromatic rings. The molecule has 6 atom stereocenters. The summed E-state index contributed by atoms with van der Waals surface area (Å²) in [5.74, 6) is -3.93. The third-order valence-electron chi connectivity index (χ3n) is 15.6. The molecule has 1 unspecified atom stereocenters. The van der Waals surface area contributed by atoms with Gasteiger partial charge in [0.1, 0.15) is 24.0 Å². The van der Waals surface area contributed by atoms with Crippen LogP contribution in [-0.2, 0) is 94.1 Å². The van der Waals surface area contributed by atoms with Crippen LogP contribution in [-0.4, -0.2) is 202 Å². The van der Waals surface area contributed by atoms with E-state index in [0.717, 1.165) is 24.2 Å². The van der Waals surface area contributed by atoms with Crippen LogP contribution in [0, 0.1) is 17.3 Å². The van der Waals surface area contributed by atoms with E-state index in [4.69, 9.17) is 54.3 Å². The number of nitrogens with one attached hydrogen (secondary N) is 3. The maximum Gasteiger partial charge on any atom is 0.347 e. The van der Waals surface area contributed by atoms with Crippen LogP contribution in [0.2, 0.25) is 5.02 Å². The topological polar surface area (TPSA) is 286 Å². The summed E-state index contributed by atoms with van der Waals surface area (Å²) < 4.78 is 45.1. The van der Waals surface area contributed by atoms with Gasteiger partial charge in [-0.25, -0.2) is 9.59 Å². The molecule has 3 fully saturated rings. The quantitative estimate of drug-likeness (QED) is 0.0365. The smallest absolute Gasteiger partial charge is 0.347 e. The van der Waals surface area contributed by atoms with Gasteiger partial charge in [-0.15, -0.1) is 16.8 Å². The SMILES string of the molecule is COc1ccc(C[C@H]2NC(=O)C=CC[C@@H]([C@H](C)[C@H]3O[C@@H]3c3ccc(CN4CCN(C(=O)CCC(C)(C)SCC(=O)NCCOCCOCCOCCOCCC(=O)ON5C(=O)CCC5=O)CC4)cc3)OC(=O)C(CC(C)C)OC(=O)C(C)(C)CNC2=O)cc1Cl. The summed E-state index contributed by atoms with van der Waals surface area (Å²) >= 11 is 7.91. The summed E-state index contributed by atoms with van der Waals surface area (Å²) in [6, 6.07) is 12.3. The van der Waals surface area contributed by atoms with E-state index < -0.39 is 65.2 Å². The number of amides is 6. The Morgan fingerprint density at radius 1 is 0.822 bits per heavy atom. The first-order valence-electron chi connectivity index (χ1n) is 30.9. The van der Waals surface area contributed by atoms with Crippen molar-refractivity contribution in [1.29, 1.82) is 0 Å². The zero-order chi connectivity index (χ0) is 65.4. The average molecular weight is 1300 g/mol. The molecule has 4 aliphatic rings. The predicted octanol–water partition coefficient (Wildman–Crippen LogP) is 5.24. The maximum absolute atomic E-state index is 14.0. The predicted molar refractivity (Wildman–Crippen MR) is 332 cm³/mol. The lowest BCUT2D eigenvalue weighted by Gasteiger charge is -2.35. The Bertz CT molecular complexity index is 2760. The molecule has 0 aromatic heterocycles. The Morgan fingerprint density at radius 3 is 2.09 bits per heavy atom. The van der Waals surface area contributed by atoms with Crippen molar-refractivity contribution in [3.05, 3.63) is 76.3 Å². The Kier molecular flexibility index (Phi) is 29.3. The molecule has 2 aromatic carbocycles. The molecule has 6 rings (SSSR count). The third kappa shape index (κ3) is 24.5. The zero-order valence-electron chi connectivity index (χ0n) is 53.2. The van der Waals surface area contributed by atoms with E-state index in [0.29, 0.717) is 93.5 Å². The van der Waals surface area contributed by atoms with Crippen molar-refractivity contribution in [2.45, 2.75) is 142 Å². The number of ether oxygens (including phenoxy) is 8. The number of thioether (sulfide) groups is 1. The van der Waals surface area contributed by atoms with E-state index in [-0.39, 0.29) is 111 Å². The van der Waals surface area contributed by atoms with E-state index in [1.165, 1.54) is 24.9 Å². The molecule has 6 amide bonds. The number of esters is 2. The number of epoxide rings is 1. The Morgan fingerprint density at radius 2 is 1.46 bits per heavy atom. The second-order valence-electron chi connectivity index (χ2n) is 24.4. The van der Waals surface area contributed by atoms with Crippen molar-refractivity contribution in [1.82, 2.24) is 30.8 Å². The molecule has 3 N–H and O–H groups in total. The highest BCUT2D eigenvalue weighted by atomic mass is 35.5. The van der Waals surface area contributed by atoms with Gasteiger partial charge >= 0.3 is 17.9 Å². The van der Waals surface area contributed by atoms with Gasteiger partial charge in [-0.2, -0.15) is 0 Å². The van der Waals surface area contributed by atoms with E-state index >= 15 is 0 Å². The van der Waals surface area contributed by atoms with Crippen LogP contribution >= 0.6 is 23.4 Å². The summed E-state index contributed by atoms with van der Waals surface area (Å²) in [4.78, 5) is 125. The summed E-state index contributed by atoms with van der Waals surface area (Å²) in [6.07, 6.45) is 1.73. The zero-order valence-corrected chi connectivity index (χ0v) is 54.8. The fourth-order valence-electron chi connectivity index (χ4n) is 9.98. The monoisotopic (exact) mass is 1300 g/mol. The highest BCUT2D eigenvalue weighted by Gasteiger charge is 2.48. The standard InChI is InChI=1S/C64H91ClN6O18S/c1-42(2)36-51-61(79)86-49(10-9-11-52(72)68-48(38-45-14-17-50(81-8)47(65)37-45)60(78)67-41-63(4,5)62(80)87-51)43(3)58-59(88-58)46-15-12-44(13-16-46)39-69-24-26-70(27-25-69)54(74)20-22-64(6,7)90-40-53(73)66-23-29-83-31-33-85-35-34-84-32-30-82-28-21-57(77)89-71-55(75)18-19-56(71)76/h9,11-17,37,42-43,48-49,51,58-59H,10,18-36,38-41H2,1-8H3,(H,66,73)(H,67,78)(H,68,72)/t43-,48+,49-,51?,58+,59+/m0/s1. The first-order valence-corrected chi connectivity index (χ1v) is 32.3. The molecule has 498 valence electrons. The lowest BCUT2D eigenvalue weighted by molar-refractivity contribution is -0.198. The van der Waals surface area contributed by atoms with Gasteiger partial charge in [-0.3, -0.25) is 38.5 Å². The molecule has 4 aliphatic heterocycles. The first-order chi connectivity index (χ1) is 42.9. The van der Waals surface area contributed by atoms with Crippen molar-refractivity contribution in [3.8, 4) is 5.75 Å². The number of hydrogen-bond acceptors (Lipinski definition) is 20. The molecule has 0 bridgehead atoms. The van der Waals surface area contributed by atoms with Gasteiger partial charge in [0, 0.05) is 88.6 Å². The number of imide groups is 1. The molecule has 0 saturated carbocycles. The number of carbonyl (C=O) groups is 9. The minimum Gasteiger partial charge on any atom is -0.495 e. The fraction of sp³-hybridized carbons (Fsp3) is 0.641. The number of benzene rings is 2. The largest absolute Gasteiger partial charge is 0.495 e. The number of piperazine rings is 1. The molecular formula is C64H91ClN6O18S. The molecule has 4 heterocycles. The van der Waals surface area contributed by atoms with Crippen LogP contribution < -0.4 is 20.7 Å². The second kappa shape index (κ2) is 36.2. The van der Waals surface area contributed by atoms with Gasteiger partial charge in [0.25, 0.3) is 11.8 Å². The van der Waals surface area contributed by atoms with E-state index in [9.17, 15) is 43.2 Å². The summed E-state index contributed by atoms with van der Waals surface area (Å²) in [7, 11) is 1.50. The van der Waals surface area contributed by atoms with Gasteiger partial charge < -0.3 is 63.6 Å². The number of halogens is 1. The molecule has 26 heteroatoms. The fourth-order valence-corrected chi connectivity index (χ4v) is 11.1. The average Bonchev–Trinajstić information content (AvgIpc) is 1.67. The lowest BCUT2D eigenvalue weighted by Crippen LogP contribution is -2.51. The van der Waals surface area contributed by atoms with Crippen molar-refractivity contribution in [2.75, 3.05) is 105 Å². The normalized spacial score (nSPS) is 21.6. The first kappa shape index (κ1) is 72.9. The second-order valence-corrected chi connectivity index (χ2v) is 26.5. The third-order valence-corrected chi connectivity index (χ3v) is 17.3. The van der Waals surface area contributed by atoms with Crippen LogP contribution in [0.1, 0.15) is 116 Å². The number of carbonyl (C=O) groups excluding carboxylic acids is 9. The van der Waals surface area contributed by atoms with Crippen molar-refractivity contribution in [2.24, 2.45) is 17.3 Å². The van der Waals surface area contributed by atoms with Crippen LogP contribution in [0.15, 0.2) is 54.6 Å². The molecule has 90 heavy (non-hydrogen) atoms. The molecule has 0 spiro atoms. The number of nitrogens with zero attached hydrogens (tertiary/aromatic N) is 3. The minimum atomic E-state index is -1.25. The Hall–Kier alpha value is -6.19. The van der Waals surface area contributed by atoms with Crippen LogP contribution in [0.5, 0.6) is 5.75 Å². The van der Waals surface area contributed by atoms with E-state index in [1.54, 1.807) is 38.1 Å². The number of hydrogen-bond donors (Lipinski definition) is 3. The van der Waals surface area contributed by atoms with Gasteiger partial charge in [-0.05, 0) is 67.5 Å². The van der Waals surface area contributed by atoms with Crippen LogP contribution in [0.25, 0.3) is 0 Å². The highest BCUT2D eigenvalue weighted by molar-refractivity contribution is 8.01. The lowest BCUT2D eigenvalue weighted by atomic mass is 9.92. The molecular weight excluding hydrogens is 1210 g/mol. The van der Waals surface area contributed by atoms with Crippen LogP contribution in [0.3, 0.4) is 0 Å². The Balaban J connectivity index is 0.859. The van der Waals surface area contributed by atoms with Crippen molar-refractivity contribution < 1.29 is 85.9 Å². The maximum atomic E-state index is 14.0. The summed E-state index contributed by atoms with van der Waals surface area (Å²) in [5, 5.41) is 9.31. The van der Waals surface area contributed by atoms with Gasteiger partial charge in [0.2, 0.25) is 23.6 Å². The molecule has 24 nitrogen and oxygen atoms in total. The Labute approximate surface area is 537 Å². The molecule has 0 aliphatic carbocycles. The number of methoxy groups -OCH3 is 1. The van der Waals surface area contributed by atoms with Gasteiger partial charge in [0.15, 0.2) is 6.10 Å².